The number of nitrogens with zero attached hydrogens (tertiary/aromatic N) is 2. The number of esters is 1. The van der Waals surface area contributed by atoms with Crippen molar-refractivity contribution >= 4 is 15.8 Å². The second-order valence-corrected chi connectivity index (χ2v) is 6.00. The Kier molecular flexibility index (Phi) is 3.92. The molecule has 1 heterocycles. The minimum absolute atomic E-state index is 0.140. The average molecular weight is 260 g/mol. The maximum absolute atomic E-state index is 11.3. The lowest BCUT2D eigenvalue weighted by Crippen LogP contribution is -2.23. The summed E-state index contributed by atoms with van der Waals surface area (Å²) in [7, 11) is -1.95. The highest BCUT2D eigenvalue weighted by Gasteiger charge is 2.23. The van der Waals surface area contributed by atoms with E-state index in [2.05, 4.69) is 9.84 Å². The molecule has 2 unspecified atom stereocenters. The number of methoxy groups -OCH3 is 1. The van der Waals surface area contributed by atoms with Gasteiger partial charge in [-0.05, 0) is 13.8 Å². The lowest BCUT2D eigenvalue weighted by molar-refractivity contribution is -0.146. The van der Waals surface area contributed by atoms with E-state index in [1.807, 2.05) is 0 Å². The van der Waals surface area contributed by atoms with E-state index in [0.29, 0.717) is 0 Å². The van der Waals surface area contributed by atoms with Crippen molar-refractivity contribution in [2.45, 2.75) is 24.8 Å². The van der Waals surface area contributed by atoms with Crippen LogP contribution in [0.25, 0.3) is 0 Å². The van der Waals surface area contributed by atoms with E-state index >= 15 is 0 Å². The highest BCUT2D eigenvalue weighted by molar-refractivity contribution is 7.90. The third-order valence-electron chi connectivity index (χ3n) is 2.72. The predicted molar refractivity (Wildman–Crippen MR) is 61.2 cm³/mol. The summed E-state index contributed by atoms with van der Waals surface area (Å²) < 4.78 is 28.7. The molecule has 17 heavy (non-hydrogen) atoms. The van der Waals surface area contributed by atoms with Crippen LogP contribution in [0.3, 0.4) is 0 Å². The molecule has 7 heteroatoms. The molecule has 0 saturated carbocycles. The van der Waals surface area contributed by atoms with E-state index < -0.39 is 15.8 Å². The van der Waals surface area contributed by atoms with Crippen molar-refractivity contribution in [1.29, 1.82) is 0 Å². The van der Waals surface area contributed by atoms with E-state index in [1.165, 1.54) is 24.2 Å². The normalized spacial score (nSPS) is 15.3. The molecule has 0 aliphatic rings. The molecule has 1 aromatic rings. The van der Waals surface area contributed by atoms with Crippen molar-refractivity contribution in [3.05, 3.63) is 12.4 Å². The monoisotopic (exact) mass is 260 g/mol. The smallest absolute Gasteiger partial charge is 0.310 e. The number of hydrogen-bond donors (Lipinski definition) is 0. The van der Waals surface area contributed by atoms with Crippen LogP contribution in [0.1, 0.15) is 19.9 Å². The minimum Gasteiger partial charge on any atom is -0.469 e. The molecule has 96 valence electrons. The van der Waals surface area contributed by atoms with Gasteiger partial charge in [0, 0.05) is 12.5 Å². The van der Waals surface area contributed by atoms with Gasteiger partial charge in [0.05, 0.1) is 25.3 Å². The van der Waals surface area contributed by atoms with E-state index in [9.17, 15) is 13.2 Å². The molecule has 0 aliphatic carbocycles. The minimum atomic E-state index is -3.27. The molecule has 0 aliphatic heterocycles. The zero-order chi connectivity index (χ0) is 13.2. The van der Waals surface area contributed by atoms with Crippen molar-refractivity contribution in [3.8, 4) is 0 Å². The van der Waals surface area contributed by atoms with Crippen molar-refractivity contribution in [2.24, 2.45) is 5.92 Å². The van der Waals surface area contributed by atoms with Crippen molar-refractivity contribution in [3.63, 3.8) is 0 Å². The fourth-order valence-electron chi connectivity index (χ4n) is 1.35. The van der Waals surface area contributed by atoms with Gasteiger partial charge in [-0.15, -0.1) is 0 Å². The van der Waals surface area contributed by atoms with Crippen LogP contribution in [0.15, 0.2) is 17.3 Å². The average Bonchev–Trinajstić information content (AvgIpc) is 2.74. The molecule has 1 aromatic heterocycles. The Morgan fingerprint density at radius 2 is 2.06 bits per heavy atom. The number of carbonyl (C=O) groups excluding carboxylic acids is 1. The van der Waals surface area contributed by atoms with Crippen molar-refractivity contribution in [1.82, 2.24) is 9.78 Å². The quantitative estimate of drug-likeness (QED) is 0.743. The first kappa shape index (κ1) is 13.7. The summed E-state index contributed by atoms with van der Waals surface area (Å²) in [5.41, 5.74) is 0. The van der Waals surface area contributed by atoms with Gasteiger partial charge in [0.2, 0.25) is 0 Å². The SMILES string of the molecule is COC(=O)C(C)C(C)n1cc(S(C)(=O)=O)cn1. The number of ether oxygens (including phenoxy) is 1. The molecule has 0 radical (unpaired) electrons. The van der Waals surface area contributed by atoms with Crippen LogP contribution in [-0.4, -0.2) is 37.5 Å². The first-order valence-corrected chi connectivity index (χ1v) is 6.98. The summed E-state index contributed by atoms with van der Waals surface area (Å²) in [6.45, 7) is 3.49. The van der Waals surface area contributed by atoms with Gasteiger partial charge in [0.25, 0.3) is 0 Å². The molecule has 0 bridgehead atoms. The maximum atomic E-state index is 11.3. The van der Waals surface area contributed by atoms with Crippen LogP contribution in [0, 0.1) is 5.92 Å². The van der Waals surface area contributed by atoms with Gasteiger partial charge in [-0.25, -0.2) is 8.42 Å². The number of hydrogen-bond acceptors (Lipinski definition) is 5. The van der Waals surface area contributed by atoms with Gasteiger partial charge >= 0.3 is 5.97 Å². The van der Waals surface area contributed by atoms with Crippen LogP contribution < -0.4 is 0 Å². The van der Waals surface area contributed by atoms with Crippen molar-refractivity contribution < 1.29 is 17.9 Å². The third kappa shape index (κ3) is 3.06. The van der Waals surface area contributed by atoms with Gasteiger partial charge in [-0.3, -0.25) is 9.48 Å². The Bertz CT molecular complexity index is 506. The van der Waals surface area contributed by atoms with E-state index in [4.69, 9.17) is 0 Å². The molecular weight excluding hydrogens is 244 g/mol. The molecule has 0 aromatic carbocycles. The molecule has 0 spiro atoms. The van der Waals surface area contributed by atoms with Gasteiger partial charge < -0.3 is 4.74 Å². The fourth-order valence-corrected chi connectivity index (χ4v) is 1.88. The summed E-state index contributed by atoms with van der Waals surface area (Å²) in [4.78, 5) is 11.5. The lowest BCUT2D eigenvalue weighted by atomic mass is 10.0. The Hall–Kier alpha value is -1.37. The Labute approximate surface area is 100 Å². The van der Waals surface area contributed by atoms with Crippen molar-refractivity contribution in [2.75, 3.05) is 13.4 Å². The Morgan fingerprint density at radius 3 is 2.47 bits per heavy atom. The fraction of sp³-hybridized carbons (Fsp3) is 0.600. The first-order chi connectivity index (χ1) is 7.77. The maximum Gasteiger partial charge on any atom is 0.310 e. The summed E-state index contributed by atoms with van der Waals surface area (Å²) >= 11 is 0. The summed E-state index contributed by atoms with van der Waals surface area (Å²) in [5.74, 6) is -0.749. The second kappa shape index (κ2) is 4.87. The first-order valence-electron chi connectivity index (χ1n) is 5.09. The van der Waals surface area contributed by atoms with Crippen LogP contribution in [0.5, 0.6) is 0 Å². The Morgan fingerprint density at radius 1 is 1.47 bits per heavy atom. The molecule has 1 rings (SSSR count). The zero-order valence-corrected chi connectivity index (χ0v) is 11.1. The summed E-state index contributed by atoms with van der Waals surface area (Å²) in [6, 6.07) is -0.266. The zero-order valence-electron chi connectivity index (χ0n) is 10.2. The standard InChI is InChI=1S/C10H16N2O4S/c1-7(10(13)16-3)8(2)12-6-9(5-11-12)17(4,14)15/h5-8H,1-4H3. The third-order valence-corrected chi connectivity index (χ3v) is 3.79. The largest absolute Gasteiger partial charge is 0.469 e. The molecule has 0 N–H and O–H groups in total. The van der Waals surface area contributed by atoms with Gasteiger partial charge in [0.1, 0.15) is 4.90 Å². The summed E-state index contributed by atoms with van der Waals surface area (Å²) in [6.07, 6.45) is 3.80. The number of rotatable bonds is 4. The van der Waals surface area contributed by atoms with Crippen LogP contribution in [0.2, 0.25) is 0 Å². The molecule has 0 saturated heterocycles. The second-order valence-electron chi connectivity index (χ2n) is 3.98. The number of aromatic nitrogens is 2. The van der Waals surface area contributed by atoms with Crippen LogP contribution in [0.4, 0.5) is 0 Å². The van der Waals surface area contributed by atoms with Gasteiger partial charge in [0.15, 0.2) is 9.84 Å². The van der Waals surface area contributed by atoms with Gasteiger partial charge in [-0.2, -0.15) is 5.10 Å². The molecular formula is C10H16N2O4S. The molecule has 6 nitrogen and oxygen atoms in total. The van der Waals surface area contributed by atoms with Gasteiger partial charge in [-0.1, -0.05) is 0 Å². The number of sulfone groups is 1. The molecule has 0 fully saturated rings. The van der Waals surface area contributed by atoms with E-state index in [-0.39, 0.29) is 16.9 Å². The topological polar surface area (TPSA) is 78.3 Å². The molecule has 0 amide bonds. The number of carbonyl (C=O) groups is 1. The van der Waals surface area contributed by atoms with E-state index in [1.54, 1.807) is 13.8 Å². The lowest BCUT2D eigenvalue weighted by Gasteiger charge is -2.17. The predicted octanol–water partition coefficient (Wildman–Crippen LogP) is 0.657. The van der Waals surface area contributed by atoms with E-state index in [0.717, 1.165) is 6.26 Å². The summed E-state index contributed by atoms with van der Waals surface area (Å²) in [5, 5.41) is 3.95. The highest BCUT2D eigenvalue weighted by Crippen LogP contribution is 2.19. The van der Waals surface area contributed by atoms with Crippen LogP contribution >= 0.6 is 0 Å². The highest BCUT2D eigenvalue weighted by atomic mass is 32.2. The Balaban J connectivity index is 2.95. The molecule has 2 atom stereocenters. The van der Waals surface area contributed by atoms with Crippen LogP contribution in [-0.2, 0) is 19.4 Å².